The van der Waals surface area contributed by atoms with Crippen LogP contribution in [0.25, 0.3) is 0 Å². The first-order valence-electron chi connectivity index (χ1n) is 9.27. The van der Waals surface area contributed by atoms with Crippen molar-refractivity contribution < 1.29 is 22.0 Å². The second-order valence-electron chi connectivity index (χ2n) is 6.43. The third-order valence-electron chi connectivity index (χ3n) is 4.46. The largest absolute Gasteiger partial charge is 0.325 e. The lowest BCUT2D eigenvalue weighted by Crippen LogP contribution is -2.31. The summed E-state index contributed by atoms with van der Waals surface area (Å²) >= 11 is 0. The van der Waals surface area contributed by atoms with Gasteiger partial charge >= 0.3 is 0 Å². The maximum Gasteiger partial charge on any atom is 0.243 e. The Morgan fingerprint density at radius 3 is 2.41 bits per heavy atom. The van der Waals surface area contributed by atoms with Crippen molar-refractivity contribution in [3.63, 3.8) is 0 Å². The number of carbonyl (C=O) groups excluding carboxylic acids is 1. The Balaban J connectivity index is 2.02. The summed E-state index contributed by atoms with van der Waals surface area (Å²) < 4.78 is 53.3. The molecule has 2 aromatic rings. The van der Waals surface area contributed by atoms with Gasteiger partial charge in [0.15, 0.2) is 0 Å². The van der Waals surface area contributed by atoms with E-state index in [9.17, 15) is 22.0 Å². The Morgan fingerprint density at radius 2 is 1.79 bits per heavy atom. The van der Waals surface area contributed by atoms with E-state index in [1.165, 1.54) is 22.5 Å². The quantitative estimate of drug-likeness (QED) is 0.646. The first kappa shape index (κ1) is 22.9. The Kier molecular flexibility index (Phi) is 7.83. The highest BCUT2D eigenvalue weighted by molar-refractivity contribution is 7.89. The molecule has 1 unspecified atom stereocenters. The molecule has 2 rings (SSSR count). The number of halogens is 2. The number of rotatable bonds is 9. The number of hydrogen-bond acceptors (Lipinski definition) is 4. The molecule has 1 amide bonds. The first-order valence-corrected chi connectivity index (χ1v) is 10.7. The van der Waals surface area contributed by atoms with Crippen LogP contribution in [0.2, 0.25) is 0 Å². The van der Waals surface area contributed by atoms with Crippen LogP contribution in [0.4, 0.5) is 14.5 Å². The SMILES string of the molecule is CCN(CC)S(=O)(=O)c1cccc(NC(=O)CNC(C)c2ccc(F)cc2F)c1. The molecule has 0 radical (unpaired) electrons. The van der Waals surface area contributed by atoms with Crippen molar-refractivity contribution in [1.82, 2.24) is 9.62 Å². The van der Waals surface area contributed by atoms with Gasteiger partial charge in [0, 0.05) is 36.4 Å². The monoisotopic (exact) mass is 425 g/mol. The number of anilines is 1. The summed E-state index contributed by atoms with van der Waals surface area (Å²) in [7, 11) is -3.64. The van der Waals surface area contributed by atoms with Gasteiger partial charge < -0.3 is 10.6 Å². The maximum atomic E-state index is 13.8. The zero-order valence-electron chi connectivity index (χ0n) is 16.6. The molecule has 0 aliphatic heterocycles. The maximum absolute atomic E-state index is 13.8. The van der Waals surface area contributed by atoms with E-state index in [0.717, 1.165) is 12.1 Å². The molecule has 1 atom stereocenters. The molecule has 29 heavy (non-hydrogen) atoms. The first-order chi connectivity index (χ1) is 13.7. The average Bonchev–Trinajstić information content (AvgIpc) is 2.67. The number of amides is 1. The van der Waals surface area contributed by atoms with Crippen LogP contribution < -0.4 is 10.6 Å². The van der Waals surface area contributed by atoms with Crippen LogP contribution >= 0.6 is 0 Å². The van der Waals surface area contributed by atoms with E-state index in [1.54, 1.807) is 32.9 Å². The van der Waals surface area contributed by atoms with Crippen molar-refractivity contribution in [2.75, 3.05) is 25.0 Å². The van der Waals surface area contributed by atoms with E-state index >= 15 is 0 Å². The highest BCUT2D eigenvalue weighted by Gasteiger charge is 2.22. The van der Waals surface area contributed by atoms with E-state index in [4.69, 9.17) is 0 Å². The molecule has 9 heteroatoms. The molecule has 0 heterocycles. The molecule has 0 fully saturated rings. The van der Waals surface area contributed by atoms with Crippen LogP contribution in [-0.2, 0) is 14.8 Å². The van der Waals surface area contributed by atoms with E-state index in [-0.39, 0.29) is 17.0 Å². The second-order valence-corrected chi connectivity index (χ2v) is 8.37. The van der Waals surface area contributed by atoms with Crippen molar-refractivity contribution in [1.29, 1.82) is 0 Å². The Labute approximate surface area is 170 Å². The third-order valence-corrected chi connectivity index (χ3v) is 6.50. The molecule has 2 aromatic carbocycles. The fourth-order valence-corrected chi connectivity index (χ4v) is 4.36. The molecule has 2 N–H and O–H groups in total. The lowest BCUT2D eigenvalue weighted by Gasteiger charge is -2.19. The summed E-state index contributed by atoms with van der Waals surface area (Å²) in [4.78, 5) is 12.3. The van der Waals surface area contributed by atoms with Gasteiger partial charge in [0.25, 0.3) is 0 Å². The predicted octanol–water partition coefficient (Wildman–Crippen LogP) is 3.28. The predicted molar refractivity (Wildman–Crippen MR) is 108 cm³/mol. The van der Waals surface area contributed by atoms with E-state index in [1.807, 2.05) is 0 Å². The van der Waals surface area contributed by atoms with Crippen LogP contribution in [0.1, 0.15) is 32.4 Å². The topological polar surface area (TPSA) is 78.5 Å². The van der Waals surface area contributed by atoms with Gasteiger partial charge in [-0.3, -0.25) is 4.79 Å². The fraction of sp³-hybridized carbons (Fsp3) is 0.350. The van der Waals surface area contributed by atoms with Gasteiger partial charge in [0.2, 0.25) is 15.9 Å². The molecule has 158 valence electrons. The Morgan fingerprint density at radius 1 is 1.10 bits per heavy atom. The van der Waals surface area contributed by atoms with Gasteiger partial charge in [-0.2, -0.15) is 4.31 Å². The highest BCUT2D eigenvalue weighted by Crippen LogP contribution is 2.20. The molecule has 0 saturated heterocycles. The van der Waals surface area contributed by atoms with Crippen molar-refractivity contribution in [3.8, 4) is 0 Å². The normalized spacial score (nSPS) is 12.8. The molecule has 0 aromatic heterocycles. The lowest BCUT2D eigenvalue weighted by atomic mass is 10.1. The van der Waals surface area contributed by atoms with Gasteiger partial charge in [-0.25, -0.2) is 17.2 Å². The van der Waals surface area contributed by atoms with Crippen LogP contribution in [-0.4, -0.2) is 38.3 Å². The second kappa shape index (κ2) is 9.91. The summed E-state index contributed by atoms with van der Waals surface area (Å²) in [6.07, 6.45) is 0. The summed E-state index contributed by atoms with van der Waals surface area (Å²) in [5.41, 5.74) is 0.581. The van der Waals surface area contributed by atoms with Crippen molar-refractivity contribution in [3.05, 3.63) is 59.7 Å². The molecule has 0 aliphatic carbocycles. The standard InChI is InChI=1S/C20H25F2N3O3S/c1-4-25(5-2)29(27,28)17-8-6-7-16(12-17)24-20(26)13-23-14(3)18-10-9-15(21)11-19(18)22/h6-12,14,23H,4-5,13H2,1-3H3,(H,24,26). The molecule has 0 saturated carbocycles. The van der Waals surface area contributed by atoms with Crippen molar-refractivity contribution in [2.24, 2.45) is 0 Å². The summed E-state index contributed by atoms with van der Waals surface area (Å²) in [5.74, 6) is -1.78. The fourth-order valence-electron chi connectivity index (χ4n) is 2.86. The van der Waals surface area contributed by atoms with Gasteiger partial charge in [-0.05, 0) is 31.2 Å². The highest BCUT2D eigenvalue weighted by atomic mass is 32.2. The van der Waals surface area contributed by atoms with E-state index in [0.29, 0.717) is 18.8 Å². The van der Waals surface area contributed by atoms with E-state index < -0.39 is 33.6 Å². The minimum Gasteiger partial charge on any atom is -0.325 e. The van der Waals surface area contributed by atoms with Crippen molar-refractivity contribution in [2.45, 2.75) is 31.7 Å². The molecule has 0 bridgehead atoms. The Hall–Kier alpha value is -2.36. The zero-order chi connectivity index (χ0) is 21.6. The van der Waals surface area contributed by atoms with Gasteiger partial charge in [0.1, 0.15) is 11.6 Å². The number of benzene rings is 2. The lowest BCUT2D eigenvalue weighted by molar-refractivity contribution is -0.115. The number of sulfonamides is 1. The summed E-state index contributed by atoms with van der Waals surface area (Å²) in [6.45, 7) is 5.72. The number of nitrogens with zero attached hydrogens (tertiary/aromatic N) is 1. The molecular weight excluding hydrogens is 400 g/mol. The van der Waals surface area contributed by atoms with Gasteiger partial charge in [-0.1, -0.05) is 26.0 Å². The van der Waals surface area contributed by atoms with Gasteiger partial charge in [-0.15, -0.1) is 0 Å². The van der Waals surface area contributed by atoms with Gasteiger partial charge in [0.05, 0.1) is 11.4 Å². The average molecular weight is 426 g/mol. The Bertz CT molecular complexity index is 963. The number of hydrogen-bond donors (Lipinski definition) is 2. The minimum atomic E-state index is -3.64. The minimum absolute atomic E-state index is 0.0914. The molecule has 0 spiro atoms. The summed E-state index contributed by atoms with van der Waals surface area (Å²) in [6, 6.07) is 8.75. The molecule has 0 aliphatic rings. The van der Waals surface area contributed by atoms with Crippen LogP contribution in [0, 0.1) is 11.6 Å². The zero-order valence-corrected chi connectivity index (χ0v) is 17.4. The van der Waals surface area contributed by atoms with Crippen LogP contribution in [0.5, 0.6) is 0 Å². The summed E-state index contributed by atoms with van der Waals surface area (Å²) in [5, 5.41) is 5.48. The smallest absolute Gasteiger partial charge is 0.243 e. The third kappa shape index (κ3) is 5.81. The molecule has 6 nitrogen and oxygen atoms in total. The van der Waals surface area contributed by atoms with Crippen LogP contribution in [0.15, 0.2) is 47.4 Å². The van der Waals surface area contributed by atoms with Crippen LogP contribution in [0.3, 0.4) is 0 Å². The van der Waals surface area contributed by atoms with E-state index in [2.05, 4.69) is 10.6 Å². The number of nitrogens with one attached hydrogen (secondary N) is 2. The molecular formula is C20H25F2N3O3S. The van der Waals surface area contributed by atoms with Crippen molar-refractivity contribution >= 4 is 21.6 Å². The number of carbonyl (C=O) groups is 1.